The van der Waals surface area contributed by atoms with Gasteiger partial charge in [-0.2, -0.15) is 0 Å². The van der Waals surface area contributed by atoms with Crippen LogP contribution in [0.4, 0.5) is 10.5 Å². The van der Waals surface area contributed by atoms with Gasteiger partial charge in [0.05, 0.1) is 0 Å². The molecule has 2 aromatic rings. The first-order valence-electron chi connectivity index (χ1n) is 10.3. The van der Waals surface area contributed by atoms with Gasteiger partial charge in [0, 0.05) is 15.7 Å². The maximum absolute atomic E-state index is 13.3. The number of nitrogens with zero attached hydrogens (tertiary/aromatic N) is 1. The van der Waals surface area contributed by atoms with Gasteiger partial charge < -0.3 is 10.6 Å². The summed E-state index contributed by atoms with van der Waals surface area (Å²) in [5.41, 5.74) is 1.82. The van der Waals surface area contributed by atoms with Crippen LogP contribution >= 0.6 is 23.2 Å². The number of halogens is 2. The van der Waals surface area contributed by atoms with Crippen LogP contribution in [0.5, 0.6) is 0 Å². The van der Waals surface area contributed by atoms with Crippen molar-refractivity contribution >= 4 is 46.7 Å². The molecule has 2 aromatic carbocycles. The van der Waals surface area contributed by atoms with Crippen LogP contribution in [0, 0.1) is 0 Å². The molecule has 164 valence electrons. The van der Waals surface area contributed by atoms with Crippen LogP contribution in [0.25, 0.3) is 0 Å². The quantitative estimate of drug-likeness (QED) is 0.574. The van der Waals surface area contributed by atoms with E-state index in [-0.39, 0.29) is 0 Å². The first-order valence-corrected chi connectivity index (χ1v) is 11.0. The Morgan fingerprint density at radius 2 is 1.71 bits per heavy atom. The Balaban J connectivity index is 1.84. The number of hydrogen-bond acceptors (Lipinski definition) is 3. The number of carbonyl (C=O) groups excluding carboxylic acids is 3. The van der Waals surface area contributed by atoms with Crippen LogP contribution in [-0.2, 0) is 28.0 Å². The van der Waals surface area contributed by atoms with E-state index in [1.807, 2.05) is 32.9 Å². The number of urea groups is 1. The summed E-state index contributed by atoms with van der Waals surface area (Å²) >= 11 is 12.3. The number of benzene rings is 2. The summed E-state index contributed by atoms with van der Waals surface area (Å²) in [6.45, 7) is 5.36. The SMILES string of the molecule is CCc1ccc(Cl)c(CC)c1NC(=O)CN1C(=O)NC(CC)(c2ccc(Cl)cc2)C1=O. The molecule has 8 heteroatoms. The molecule has 6 nitrogen and oxygen atoms in total. The maximum atomic E-state index is 13.3. The van der Waals surface area contributed by atoms with Gasteiger partial charge in [0.2, 0.25) is 5.91 Å². The van der Waals surface area contributed by atoms with Crippen molar-refractivity contribution < 1.29 is 14.4 Å². The van der Waals surface area contributed by atoms with E-state index in [9.17, 15) is 14.4 Å². The molecule has 1 aliphatic heterocycles. The zero-order valence-electron chi connectivity index (χ0n) is 17.7. The number of amides is 4. The third-order valence-corrected chi connectivity index (χ3v) is 6.29. The molecule has 4 amide bonds. The number of hydrogen-bond donors (Lipinski definition) is 2. The molecule has 1 saturated heterocycles. The van der Waals surface area contributed by atoms with Gasteiger partial charge in [0.25, 0.3) is 5.91 Å². The second kappa shape index (κ2) is 9.28. The fourth-order valence-electron chi connectivity index (χ4n) is 3.93. The molecule has 0 aromatic heterocycles. The van der Waals surface area contributed by atoms with Crippen molar-refractivity contribution in [2.45, 2.75) is 45.6 Å². The minimum atomic E-state index is -1.22. The molecule has 0 aliphatic carbocycles. The number of carbonyl (C=O) groups is 3. The molecule has 1 fully saturated rings. The van der Waals surface area contributed by atoms with E-state index in [4.69, 9.17) is 23.2 Å². The lowest BCUT2D eigenvalue weighted by Gasteiger charge is -2.26. The first-order chi connectivity index (χ1) is 14.8. The van der Waals surface area contributed by atoms with Crippen molar-refractivity contribution in [1.29, 1.82) is 0 Å². The van der Waals surface area contributed by atoms with Gasteiger partial charge in [-0.15, -0.1) is 0 Å². The van der Waals surface area contributed by atoms with Gasteiger partial charge in [0.15, 0.2) is 0 Å². The highest BCUT2D eigenvalue weighted by molar-refractivity contribution is 6.32. The Morgan fingerprint density at radius 1 is 1.03 bits per heavy atom. The van der Waals surface area contributed by atoms with Crippen LogP contribution < -0.4 is 10.6 Å². The van der Waals surface area contributed by atoms with Gasteiger partial charge in [-0.05, 0) is 54.2 Å². The Labute approximate surface area is 191 Å². The Bertz CT molecular complexity index is 1020. The van der Waals surface area contributed by atoms with E-state index >= 15 is 0 Å². The van der Waals surface area contributed by atoms with E-state index in [0.29, 0.717) is 40.6 Å². The van der Waals surface area contributed by atoms with E-state index < -0.39 is 29.9 Å². The van der Waals surface area contributed by atoms with Gasteiger partial charge >= 0.3 is 6.03 Å². The van der Waals surface area contributed by atoms with Crippen molar-refractivity contribution in [3.8, 4) is 0 Å². The second-order valence-corrected chi connectivity index (χ2v) is 8.25. The summed E-state index contributed by atoms with van der Waals surface area (Å²) in [6.07, 6.45) is 1.69. The van der Waals surface area contributed by atoms with Crippen LogP contribution in [0.15, 0.2) is 36.4 Å². The van der Waals surface area contributed by atoms with E-state index in [1.165, 1.54) is 0 Å². The van der Waals surface area contributed by atoms with Gasteiger partial charge in [-0.1, -0.05) is 62.2 Å². The van der Waals surface area contributed by atoms with E-state index in [1.54, 1.807) is 24.3 Å². The molecule has 1 heterocycles. The molecule has 1 unspecified atom stereocenters. The van der Waals surface area contributed by atoms with Crippen LogP contribution in [0.1, 0.15) is 43.9 Å². The molecule has 2 N–H and O–H groups in total. The first kappa shape index (κ1) is 23.1. The number of imide groups is 1. The number of nitrogens with one attached hydrogen (secondary N) is 2. The summed E-state index contributed by atoms with van der Waals surface area (Å²) in [5, 5.41) is 6.73. The van der Waals surface area contributed by atoms with Crippen LogP contribution in [-0.4, -0.2) is 29.3 Å². The average molecular weight is 462 g/mol. The van der Waals surface area contributed by atoms with E-state index in [0.717, 1.165) is 16.0 Å². The van der Waals surface area contributed by atoms with Crippen molar-refractivity contribution in [3.63, 3.8) is 0 Å². The Morgan fingerprint density at radius 3 is 2.29 bits per heavy atom. The molecule has 0 radical (unpaired) electrons. The molecule has 0 saturated carbocycles. The lowest BCUT2D eigenvalue weighted by molar-refractivity contribution is -0.134. The monoisotopic (exact) mass is 461 g/mol. The standard InChI is InChI=1S/C23H25Cl2N3O3/c1-4-14-7-12-18(25)17(5-2)20(14)26-19(29)13-28-21(30)23(6-3,27-22(28)31)15-8-10-16(24)11-9-15/h7-12H,4-6,13H2,1-3H3,(H,26,29)(H,27,31). The molecule has 31 heavy (non-hydrogen) atoms. The van der Waals surface area contributed by atoms with Gasteiger partial charge in [0.1, 0.15) is 12.1 Å². The smallest absolute Gasteiger partial charge is 0.324 e. The van der Waals surface area contributed by atoms with Crippen molar-refractivity contribution in [1.82, 2.24) is 10.2 Å². The molecule has 3 rings (SSSR count). The number of rotatable bonds is 7. The average Bonchev–Trinajstić information content (AvgIpc) is 2.99. The van der Waals surface area contributed by atoms with Crippen LogP contribution in [0.2, 0.25) is 10.0 Å². The highest BCUT2D eigenvalue weighted by atomic mass is 35.5. The zero-order valence-corrected chi connectivity index (χ0v) is 19.2. The summed E-state index contributed by atoms with van der Waals surface area (Å²) in [4.78, 5) is 39.7. The Kier molecular flexibility index (Phi) is 6.92. The van der Waals surface area contributed by atoms with Crippen molar-refractivity contribution in [2.24, 2.45) is 0 Å². The number of aryl methyl sites for hydroxylation is 1. The number of anilines is 1. The normalized spacial score (nSPS) is 18.3. The molecule has 0 spiro atoms. The molecular weight excluding hydrogens is 437 g/mol. The highest BCUT2D eigenvalue weighted by Crippen LogP contribution is 2.33. The van der Waals surface area contributed by atoms with Crippen molar-refractivity contribution in [2.75, 3.05) is 11.9 Å². The molecule has 0 bridgehead atoms. The summed E-state index contributed by atoms with van der Waals surface area (Å²) in [5.74, 6) is -0.923. The molecule has 1 aliphatic rings. The highest BCUT2D eigenvalue weighted by Gasteiger charge is 2.51. The van der Waals surface area contributed by atoms with Gasteiger partial charge in [-0.3, -0.25) is 14.5 Å². The fourth-order valence-corrected chi connectivity index (χ4v) is 4.35. The third kappa shape index (κ3) is 4.27. The minimum absolute atomic E-state index is 0.339. The lowest BCUT2D eigenvalue weighted by atomic mass is 9.87. The summed E-state index contributed by atoms with van der Waals surface area (Å²) in [7, 11) is 0. The summed E-state index contributed by atoms with van der Waals surface area (Å²) in [6, 6.07) is 9.83. The predicted molar refractivity (Wildman–Crippen MR) is 123 cm³/mol. The second-order valence-electron chi connectivity index (χ2n) is 7.40. The predicted octanol–water partition coefficient (Wildman–Crippen LogP) is 4.91. The largest absolute Gasteiger partial charge is 0.325 e. The maximum Gasteiger partial charge on any atom is 0.325 e. The van der Waals surface area contributed by atoms with Gasteiger partial charge in [-0.25, -0.2) is 4.79 Å². The van der Waals surface area contributed by atoms with E-state index in [2.05, 4.69) is 10.6 Å². The Hall–Kier alpha value is -2.57. The summed E-state index contributed by atoms with van der Waals surface area (Å²) < 4.78 is 0. The van der Waals surface area contributed by atoms with Crippen LogP contribution in [0.3, 0.4) is 0 Å². The molecule has 1 atom stereocenters. The lowest BCUT2D eigenvalue weighted by Crippen LogP contribution is -2.44. The third-order valence-electron chi connectivity index (χ3n) is 5.69. The van der Waals surface area contributed by atoms with Crippen molar-refractivity contribution in [3.05, 3.63) is 63.1 Å². The fraction of sp³-hybridized carbons (Fsp3) is 0.348. The zero-order chi connectivity index (χ0) is 22.8. The molecular formula is C23H25Cl2N3O3. The topological polar surface area (TPSA) is 78.5 Å². The minimum Gasteiger partial charge on any atom is -0.324 e.